The van der Waals surface area contributed by atoms with Crippen LogP contribution in [0.2, 0.25) is 0 Å². The molecule has 4 rings (SSSR count). The zero-order chi connectivity index (χ0) is 24.8. The fraction of sp³-hybridized carbons (Fsp3) is 0.714. The van der Waals surface area contributed by atoms with E-state index in [4.69, 9.17) is 5.73 Å². The van der Waals surface area contributed by atoms with Crippen molar-refractivity contribution in [1.82, 2.24) is 19.8 Å². The predicted octanol–water partition coefficient (Wildman–Crippen LogP) is 1.94. The molecule has 2 fully saturated rings. The number of aliphatic hydroxyl groups is 1. The van der Waals surface area contributed by atoms with Crippen LogP contribution in [0.5, 0.6) is 0 Å². The first kappa shape index (κ1) is 24.7. The van der Waals surface area contributed by atoms with Gasteiger partial charge in [0.2, 0.25) is 11.8 Å². The summed E-state index contributed by atoms with van der Waals surface area (Å²) in [6.45, 7) is -0.593. The van der Waals surface area contributed by atoms with Gasteiger partial charge in [0.1, 0.15) is 5.82 Å². The molecular weight excluding hydrogens is 465 g/mol. The van der Waals surface area contributed by atoms with Crippen LogP contribution in [0.1, 0.15) is 67.2 Å². The Balaban J connectivity index is 1.45. The monoisotopic (exact) mass is 491 g/mol. The van der Waals surface area contributed by atoms with Crippen LogP contribution in [0.4, 0.5) is 22.0 Å². The van der Waals surface area contributed by atoms with Crippen molar-refractivity contribution in [2.24, 2.45) is 5.73 Å². The number of aliphatic hydroxyl groups excluding tert-OH is 1. The smallest absolute Gasteiger partial charge is 0.368 e. The number of carbonyl (C=O) groups excluding carboxylic acids is 2. The van der Waals surface area contributed by atoms with Gasteiger partial charge in [0, 0.05) is 49.9 Å². The number of alkyl halides is 5. The van der Waals surface area contributed by atoms with E-state index >= 15 is 0 Å². The highest BCUT2D eigenvalue weighted by atomic mass is 19.4. The van der Waals surface area contributed by atoms with Crippen molar-refractivity contribution in [3.63, 3.8) is 0 Å². The van der Waals surface area contributed by atoms with Gasteiger partial charge in [0.05, 0.1) is 12.2 Å². The lowest BCUT2D eigenvalue weighted by atomic mass is 9.84. The molecule has 2 amide bonds. The van der Waals surface area contributed by atoms with Crippen molar-refractivity contribution in [3.05, 3.63) is 22.8 Å². The molecule has 2 atom stereocenters. The number of nitrogens with two attached hydrogens (primary N) is 1. The minimum absolute atomic E-state index is 0.00287. The first-order chi connectivity index (χ1) is 15.9. The van der Waals surface area contributed by atoms with Crippen molar-refractivity contribution >= 4 is 11.8 Å². The van der Waals surface area contributed by atoms with Crippen molar-refractivity contribution in [2.45, 2.75) is 81.8 Å². The van der Waals surface area contributed by atoms with Gasteiger partial charge >= 0.3 is 6.18 Å². The largest absolute Gasteiger partial charge is 0.433 e. The Morgan fingerprint density at radius 1 is 1.24 bits per heavy atom. The average molecular weight is 491 g/mol. The highest BCUT2D eigenvalue weighted by Gasteiger charge is 2.48. The second-order valence-corrected chi connectivity index (χ2v) is 9.19. The van der Waals surface area contributed by atoms with Gasteiger partial charge in [-0.25, -0.2) is 18.7 Å². The predicted molar refractivity (Wildman–Crippen MR) is 107 cm³/mol. The van der Waals surface area contributed by atoms with Crippen molar-refractivity contribution in [3.8, 4) is 0 Å². The van der Waals surface area contributed by atoms with E-state index in [1.54, 1.807) is 0 Å². The molecule has 0 bridgehead atoms. The molecule has 1 aromatic rings. The van der Waals surface area contributed by atoms with E-state index in [9.17, 15) is 36.6 Å². The van der Waals surface area contributed by atoms with E-state index < -0.39 is 61.3 Å². The molecule has 0 radical (unpaired) electrons. The van der Waals surface area contributed by atoms with Crippen LogP contribution < -0.4 is 5.73 Å². The van der Waals surface area contributed by atoms with Gasteiger partial charge in [-0.1, -0.05) is 6.42 Å². The standard InChI is InChI=1S/C21H26F5N5O3/c22-20(23)6-4-15(32)31(19(20)34)9-12(27)8-16(33)30-7-5-13-14(10-30)28-18(11-2-1-3-11)29-17(13)21(24,25)26/h11-12,19,34H,1-10,27H2/t12-,19?/m0/s1. The number of amides is 2. The molecule has 1 saturated carbocycles. The van der Waals surface area contributed by atoms with Crippen LogP contribution >= 0.6 is 0 Å². The maximum atomic E-state index is 13.7. The summed E-state index contributed by atoms with van der Waals surface area (Å²) in [5, 5.41) is 9.79. The van der Waals surface area contributed by atoms with Crippen molar-refractivity contribution in [1.29, 1.82) is 0 Å². The van der Waals surface area contributed by atoms with Crippen LogP contribution in [0.3, 0.4) is 0 Å². The fourth-order valence-corrected chi connectivity index (χ4v) is 4.53. The Labute approximate surface area is 192 Å². The molecule has 2 aliphatic heterocycles. The topological polar surface area (TPSA) is 113 Å². The van der Waals surface area contributed by atoms with E-state index in [1.165, 1.54) is 4.90 Å². The van der Waals surface area contributed by atoms with Crippen LogP contribution in [0.15, 0.2) is 0 Å². The first-order valence-electron chi connectivity index (χ1n) is 11.2. The summed E-state index contributed by atoms with van der Waals surface area (Å²) >= 11 is 0. The highest BCUT2D eigenvalue weighted by Crippen LogP contribution is 2.39. The number of halogens is 5. The van der Waals surface area contributed by atoms with Gasteiger partial charge in [-0.2, -0.15) is 13.2 Å². The number of piperidine rings is 1. The quantitative estimate of drug-likeness (QED) is 0.609. The molecule has 8 nitrogen and oxygen atoms in total. The SMILES string of the molecule is N[C@@H](CC(=O)N1CCc2c(nc(C3CCC3)nc2C(F)(F)F)C1)CN1C(=O)CCC(F)(F)C1O. The number of likely N-dealkylation sites (tertiary alicyclic amines) is 1. The van der Waals surface area contributed by atoms with Gasteiger partial charge in [-0.15, -0.1) is 0 Å². The second kappa shape index (κ2) is 8.99. The molecule has 34 heavy (non-hydrogen) atoms. The Bertz CT molecular complexity index is 969. The molecule has 188 valence electrons. The molecule has 1 aliphatic carbocycles. The molecule has 1 aromatic heterocycles. The minimum atomic E-state index is -4.63. The molecule has 3 N–H and O–H groups in total. The van der Waals surface area contributed by atoms with Crippen LogP contribution in [-0.4, -0.2) is 68.0 Å². The molecule has 3 heterocycles. The zero-order valence-electron chi connectivity index (χ0n) is 18.3. The molecule has 1 unspecified atom stereocenters. The molecule has 3 aliphatic rings. The lowest BCUT2D eigenvalue weighted by Gasteiger charge is -2.38. The van der Waals surface area contributed by atoms with E-state index in [-0.39, 0.29) is 48.9 Å². The maximum Gasteiger partial charge on any atom is 0.433 e. The third-order valence-electron chi connectivity index (χ3n) is 6.71. The minimum Gasteiger partial charge on any atom is -0.368 e. The lowest BCUT2D eigenvalue weighted by Crippen LogP contribution is -2.58. The molecule has 0 spiro atoms. The summed E-state index contributed by atoms with van der Waals surface area (Å²) in [5.41, 5.74) is 5.09. The number of rotatable bonds is 5. The Kier molecular flexibility index (Phi) is 6.53. The van der Waals surface area contributed by atoms with Gasteiger partial charge in [-0.3, -0.25) is 9.59 Å². The van der Waals surface area contributed by atoms with E-state index in [0.717, 1.165) is 6.42 Å². The van der Waals surface area contributed by atoms with Crippen LogP contribution in [0.25, 0.3) is 0 Å². The third kappa shape index (κ3) is 4.85. The summed E-state index contributed by atoms with van der Waals surface area (Å²) in [5.74, 6) is -4.64. The summed E-state index contributed by atoms with van der Waals surface area (Å²) in [7, 11) is 0. The van der Waals surface area contributed by atoms with E-state index in [2.05, 4.69) is 9.97 Å². The summed E-state index contributed by atoms with van der Waals surface area (Å²) in [4.78, 5) is 34.8. The summed E-state index contributed by atoms with van der Waals surface area (Å²) in [6.07, 6.45) is -6.25. The highest BCUT2D eigenvalue weighted by molar-refractivity contribution is 5.79. The number of nitrogens with zero attached hydrogens (tertiary/aromatic N) is 4. The Morgan fingerprint density at radius 2 is 1.94 bits per heavy atom. The second-order valence-electron chi connectivity index (χ2n) is 9.19. The summed E-state index contributed by atoms with van der Waals surface area (Å²) < 4.78 is 68.3. The Hall–Kier alpha value is -2.41. The van der Waals surface area contributed by atoms with Gasteiger partial charge in [-0.05, 0) is 19.3 Å². The molecular formula is C21H26F5N5O3. The van der Waals surface area contributed by atoms with Crippen LogP contribution in [-0.2, 0) is 28.7 Å². The zero-order valence-corrected chi connectivity index (χ0v) is 18.3. The third-order valence-corrected chi connectivity index (χ3v) is 6.71. The van der Waals surface area contributed by atoms with Crippen molar-refractivity contribution < 1.29 is 36.6 Å². The van der Waals surface area contributed by atoms with E-state index in [0.29, 0.717) is 17.7 Å². The normalized spacial score (nSPS) is 24.0. The average Bonchev–Trinajstić information content (AvgIpc) is 2.71. The molecule has 13 heteroatoms. The van der Waals surface area contributed by atoms with Crippen molar-refractivity contribution in [2.75, 3.05) is 13.1 Å². The number of hydrogen-bond acceptors (Lipinski definition) is 6. The fourth-order valence-electron chi connectivity index (χ4n) is 4.53. The lowest BCUT2D eigenvalue weighted by molar-refractivity contribution is -0.205. The number of carbonyl (C=O) groups is 2. The van der Waals surface area contributed by atoms with Gasteiger partial charge in [0.25, 0.3) is 5.92 Å². The maximum absolute atomic E-state index is 13.7. The van der Waals surface area contributed by atoms with Crippen LogP contribution in [0, 0.1) is 0 Å². The number of aromatic nitrogens is 2. The van der Waals surface area contributed by atoms with E-state index in [1.807, 2.05) is 0 Å². The number of fused-ring (bicyclic) bond motifs is 1. The molecule has 1 saturated heterocycles. The first-order valence-corrected chi connectivity index (χ1v) is 11.2. The summed E-state index contributed by atoms with van der Waals surface area (Å²) in [6, 6.07) is -1.04. The molecule has 0 aromatic carbocycles. The van der Waals surface area contributed by atoms with Gasteiger partial charge in [0.15, 0.2) is 11.9 Å². The Morgan fingerprint density at radius 3 is 2.56 bits per heavy atom. The van der Waals surface area contributed by atoms with Gasteiger partial charge < -0.3 is 20.6 Å². The number of hydrogen-bond donors (Lipinski definition) is 2.